The minimum Gasteiger partial charge on any atom is -0.493 e. The zero-order valence-corrected chi connectivity index (χ0v) is 12.3. The Balaban J connectivity index is 2.78. The number of methoxy groups -OCH3 is 2. The first-order chi connectivity index (χ1) is 10.1. The third-order valence-corrected chi connectivity index (χ3v) is 2.46. The molecule has 114 valence electrons. The van der Waals surface area contributed by atoms with Crippen LogP contribution in [-0.4, -0.2) is 39.4 Å². The first kappa shape index (κ1) is 16.6. The van der Waals surface area contributed by atoms with Crippen molar-refractivity contribution in [3.05, 3.63) is 29.8 Å². The lowest BCUT2D eigenvalue weighted by atomic mass is 10.2. The fourth-order valence-corrected chi connectivity index (χ4v) is 1.46. The van der Waals surface area contributed by atoms with Crippen molar-refractivity contribution in [1.29, 1.82) is 0 Å². The van der Waals surface area contributed by atoms with E-state index in [0.717, 1.165) is 5.56 Å². The summed E-state index contributed by atoms with van der Waals surface area (Å²) in [6.45, 7) is 1.86. The van der Waals surface area contributed by atoms with Crippen LogP contribution in [0.3, 0.4) is 0 Å². The third kappa shape index (κ3) is 5.56. The highest BCUT2D eigenvalue weighted by molar-refractivity contribution is 5.87. The molecule has 1 aromatic carbocycles. The lowest BCUT2D eigenvalue weighted by molar-refractivity contribution is -0.143. The van der Waals surface area contributed by atoms with Crippen LogP contribution in [-0.2, 0) is 19.1 Å². The molecule has 0 bridgehead atoms. The largest absolute Gasteiger partial charge is 0.493 e. The number of esters is 2. The first-order valence-electron chi connectivity index (χ1n) is 6.33. The van der Waals surface area contributed by atoms with E-state index in [4.69, 9.17) is 14.2 Å². The van der Waals surface area contributed by atoms with E-state index in [1.165, 1.54) is 20.3 Å². The normalized spacial score (nSPS) is 10.2. The van der Waals surface area contributed by atoms with Crippen LogP contribution < -0.4 is 9.47 Å². The molecule has 0 aliphatic carbocycles. The van der Waals surface area contributed by atoms with Crippen LogP contribution in [0.15, 0.2) is 24.3 Å². The van der Waals surface area contributed by atoms with Crippen LogP contribution in [0.5, 0.6) is 11.5 Å². The fraction of sp³-hybridized carbons (Fsp3) is 0.333. The molecule has 6 heteroatoms. The highest BCUT2D eigenvalue weighted by Crippen LogP contribution is 2.28. The number of rotatable bonds is 7. The fourth-order valence-electron chi connectivity index (χ4n) is 1.46. The third-order valence-electron chi connectivity index (χ3n) is 2.46. The summed E-state index contributed by atoms with van der Waals surface area (Å²) in [6, 6.07) is 5.06. The Bertz CT molecular complexity index is 521. The molecule has 0 heterocycles. The summed E-state index contributed by atoms with van der Waals surface area (Å²) in [5, 5.41) is 0. The van der Waals surface area contributed by atoms with Crippen molar-refractivity contribution < 1.29 is 28.5 Å². The number of hydrogen-bond acceptors (Lipinski definition) is 6. The highest BCUT2D eigenvalue weighted by atomic mass is 16.6. The summed E-state index contributed by atoms with van der Waals surface area (Å²) in [6.07, 6.45) is 2.93. The van der Waals surface area contributed by atoms with Gasteiger partial charge < -0.3 is 18.9 Å². The summed E-state index contributed by atoms with van der Waals surface area (Å²) in [5.41, 5.74) is 0.741. The maximum absolute atomic E-state index is 11.2. The summed E-state index contributed by atoms with van der Waals surface area (Å²) < 4.78 is 19.7. The van der Waals surface area contributed by atoms with Gasteiger partial charge in [0.25, 0.3) is 0 Å². The van der Waals surface area contributed by atoms with Crippen molar-refractivity contribution in [1.82, 2.24) is 0 Å². The van der Waals surface area contributed by atoms with E-state index in [-0.39, 0.29) is 6.61 Å². The Morgan fingerprint density at radius 2 is 1.95 bits per heavy atom. The SMILES string of the molecule is CCOC(=O)C=Cc1ccc(OCC(=O)OC)c(OC)c1. The van der Waals surface area contributed by atoms with Crippen molar-refractivity contribution in [2.75, 3.05) is 27.4 Å². The number of carbonyl (C=O) groups excluding carboxylic acids is 2. The molecular weight excluding hydrogens is 276 g/mol. The zero-order valence-electron chi connectivity index (χ0n) is 12.3. The monoisotopic (exact) mass is 294 g/mol. The molecule has 0 amide bonds. The number of hydrogen-bond donors (Lipinski definition) is 0. The van der Waals surface area contributed by atoms with Crippen LogP contribution in [0.1, 0.15) is 12.5 Å². The molecule has 0 saturated carbocycles. The van der Waals surface area contributed by atoms with Gasteiger partial charge in [-0.2, -0.15) is 0 Å². The van der Waals surface area contributed by atoms with Gasteiger partial charge in [-0.05, 0) is 30.7 Å². The molecule has 1 aromatic rings. The molecule has 21 heavy (non-hydrogen) atoms. The molecule has 0 aliphatic heterocycles. The average molecular weight is 294 g/mol. The van der Waals surface area contributed by atoms with Gasteiger partial charge >= 0.3 is 11.9 Å². The van der Waals surface area contributed by atoms with Crippen LogP contribution in [0.2, 0.25) is 0 Å². The molecule has 0 atom stereocenters. The van der Waals surface area contributed by atoms with Crippen molar-refractivity contribution in [2.45, 2.75) is 6.92 Å². The second kappa shape index (κ2) is 8.63. The highest BCUT2D eigenvalue weighted by Gasteiger charge is 2.08. The van der Waals surface area contributed by atoms with E-state index in [0.29, 0.717) is 18.1 Å². The topological polar surface area (TPSA) is 71.1 Å². The molecule has 1 rings (SSSR count). The van der Waals surface area contributed by atoms with Crippen LogP contribution in [0, 0.1) is 0 Å². The maximum Gasteiger partial charge on any atom is 0.343 e. The number of carbonyl (C=O) groups is 2. The Morgan fingerprint density at radius 3 is 2.57 bits per heavy atom. The molecule has 0 N–H and O–H groups in total. The first-order valence-corrected chi connectivity index (χ1v) is 6.33. The Labute approximate surface area is 123 Å². The van der Waals surface area contributed by atoms with Gasteiger partial charge in [-0.3, -0.25) is 0 Å². The quantitative estimate of drug-likeness (QED) is 0.564. The van der Waals surface area contributed by atoms with E-state index in [2.05, 4.69) is 4.74 Å². The van der Waals surface area contributed by atoms with Gasteiger partial charge in [0.1, 0.15) is 0 Å². The van der Waals surface area contributed by atoms with Gasteiger partial charge in [-0.15, -0.1) is 0 Å². The van der Waals surface area contributed by atoms with Crippen molar-refractivity contribution in [2.24, 2.45) is 0 Å². The van der Waals surface area contributed by atoms with Crippen molar-refractivity contribution >= 4 is 18.0 Å². The summed E-state index contributed by atoms with van der Waals surface area (Å²) in [4.78, 5) is 22.3. The second-order valence-electron chi connectivity index (χ2n) is 3.86. The standard InChI is InChI=1S/C15H18O6/c1-4-20-14(16)8-6-11-5-7-12(13(9-11)18-2)21-10-15(17)19-3/h5-9H,4,10H2,1-3H3. The molecule has 0 saturated heterocycles. The molecule has 0 radical (unpaired) electrons. The Kier molecular flexibility index (Phi) is 6.80. The Hall–Kier alpha value is -2.50. The van der Waals surface area contributed by atoms with Gasteiger partial charge in [0.15, 0.2) is 18.1 Å². The van der Waals surface area contributed by atoms with Gasteiger partial charge in [-0.1, -0.05) is 6.07 Å². The van der Waals surface area contributed by atoms with E-state index >= 15 is 0 Å². The number of ether oxygens (including phenoxy) is 4. The van der Waals surface area contributed by atoms with Crippen molar-refractivity contribution in [3.63, 3.8) is 0 Å². The average Bonchev–Trinajstić information content (AvgIpc) is 2.51. The molecular formula is C15H18O6. The molecule has 0 unspecified atom stereocenters. The Morgan fingerprint density at radius 1 is 1.19 bits per heavy atom. The lowest BCUT2D eigenvalue weighted by Gasteiger charge is -2.10. The summed E-state index contributed by atoms with van der Waals surface area (Å²) in [5.74, 6) is -0.0353. The van der Waals surface area contributed by atoms with Crippen LogP contribution in [0.4, 0.5) is 0 Å². The minimum atomic E-state index is -0.483. The van der Waals surface area contributed by atoms with E-state index in [9.17, 15) is 9.59 Å². The zero-order chi connectivity index (χ0) is 15.7. The second-order valence-corrected chi connectivity index (χ2v) is 3.86. The molecule has 6 nitrogen and oxygen atoms in total. The van der Waals surface area contributed by atoms with Gasteiger partial charge in [0, 0.05) is 6.08 Å². The van der Waals surface area contributed by atoms with Gasteiger partial charge in [0.2, 0.25) is 0 Å². The van der Waals surface area contributed by atoms with Crippen molar-refractivity contribution in [3.8, 4) is 11.5 Å². The molecule has 0 fully saturated rings. The summed E-state index contributed by atoms with van der Waals surface area (Å²) >= 11 is 0. The maximum atomic E-state index is 11.2. The smallest absolute Gasteiger partial charge is 0.343 e. The molecule has 0 aromatic heterocycles. The van der Waals surface area contributed by atoms with Gasteiger partial charge in [0.05, 0.1) is 20.8 Å². The summed E-state index contributed by atoms with van der Waals surface area (Å²) in [7, 11) is 2.77. The lowest BCUT2D eigenvalue weighted by Crippen LogP contribution is -2.12. The van der Waals surface area contributed by atoms with E-state index in [1.807, 2.05) is 0 Å². The van der Waals surface area contributed by atoms with Gasteiger partial charge in [-0.25, -0.2) is 9.59 Å². The predicted molar refractivity (Wildman–Crippen MR) is 76.2 cm³/mol. The van der Waals surface area contributed by atoms with E-state index < -0.39 is 11.9 Å². The predicted octanol–water partition coefficient (Wildman–Crippen LogP) is 1.82. The minimum absolute atomic E-state index is 0.204. The van der Waals surface area contributed by atoms with E-state index in [1.54, 1.807) is 31.2 Å². The molecule has 0 aliphatic rings. The molecule has 0 spiro atoms. The van der Waals surface area contributed by atoms with Crippen LogP contribution in [0.25, 0.3) is 6.08 Å². The number of benzene rings is 1. The van der Waals surface area contributed by atoms with Crippen LogP contribution >= 0.6 is 0 Å².